The van der Waals surface area contributed by atoms with Gasteiger partial charge in [0, 0.05) is 20.5 Å². The van der Waals surface area contributed by atoms with E-state index in [0.29, 0.717) is 6.04 Å². The molecule has 0 aliphatic rings. The molecule has 0 saturated heterocycles. The summed E-state index contributed by atoms with van der Waals surface area (Å²) >= 11 is 9.64. The van der Waals surface area contributed by atoms with E-state index in [9.17, 15) is 0 Å². The van der Waals surface area contributed by atoms with E-state index in [4.69, 9.17) is 11.6 Å². The summed E-state index contributed by atoms with van der Waals surface area (Å²) in [4.78, 5) is 2.64. The van der Waals surface area contributed by atoms with Gasteiger partial charge in [-0.3, -0.25) is 0 Å². The number of benzene rings is 1. The second kappa shape index (κ2) is 6.62. The molecule has 0 fully saturated rings. The fourth-order valence-corrected chi connectivity index (χ4v) is 4.24. The molecule has 96 valence electrons. The van der Waals surface area contributed by atoms with Gasteiger partial charge in [-0.05, 0) is 49.2 Å². The summed E-state index contributed by atoms with van der Waals surface area (Å²) in [5, 5.41) is 6.34. The van der Waals surface area contributed by atoms with Crippen LogP contribution < -0.4 is 5.32 Å². The smallest absolute Gasteiger partial charge is 0.0510 e. The Morgan fingerprint density at radius 1 is 1.39 bits per heavy atom. The van der Waals surface area contributed by atoms with E-state index in [2.05, 4.69) is 29.8 Å². The zero-order chi connectivity index (χ0) is 13.0. The first kappa shape index (κ1) is 13.9. The van der Waals surface area contributed by atoms with Crippen LogP contribution in [-0.4, -0.2) is 12.8 Å². The van der Waals surface area contributed by atoms with E-state index in [1.165, 1.54) is 15.3 Å². The quantitative estimate of drug-likeness (QED) is 0.798. The lowest BCUT2D eigenvalue weighted by Gasteiger charge is -2.15. The van der Waals surface area contributed by atoms with Gasteiger partial charge < -0.3 is 5.32 Å². The topological polar surface area (TPSA) is 12.0 Å². The van der Waals surface area contributed by atoms with Crippen molar-refractivity contribution in [3.8, 4) is 0 Å². The Morgan fingerprint density at radius 3 is 2.83 bits per heavy atom. The summed E-state index contributed by atoms with van der Waals surface area (Å²) < 4.78 is 0. The predicted molar refractivity (Wildman–Crippen MR) is 83.0 cm³/mol. The van der Waals surface area contributed by atoms with Gasteiger partial charge in [0.15, 0.2) is 0 Å². The highest BCUT2D eigenvalue weighted by molar-refractivity contribution is 7.99. The van der Waals surface area contributed by atoms with Crippen molar-refractivity contribution in [2.24, 2.45) is 0 Å². The van der Waals surface area contributed by atoms with Crippen LogP contribution in [0.2, 0.25) is 5.02 Å². The van der Waals surface area contributed by atoms with Crippen LogP contribution >= 0.6 is 34.7 Å². The first-order valence-corrected chi connectivity index (χ1v) is 8.04. The maximum atomic E-state index is 5.99. The second-order valence-corrected chi connectivity index (χ2v) is 6.56. The first-order valence-electron chi connectivity index (χ1n) is 5.80. The predicted octanol–water partition coefficient (Wildman–Crippen LogP) is 4.76. The zero-order valence-electron chi connectivity index (χ0n) is 10.4. The number of halogens is 1. The average molecular weight is 298 g/mol. The van der Waals surface area contributed by atoms with Gasteiger partial charge >= 0.3 is 0 Å². The Kier molecular flexibility index (Phi) is 5.13. The summed E-state index contributed by atoms with van der Waals surface area (Å²) in [5.41, 5.74) is 1.37. The standard InChI is InChI=1S/C14H16ClNS2/c1-10-6-7-17-14(10)13(16-2)9-18-12-5-3-4-11(15)8-12/h3-8,13,16H,9H2,1-2H3. The largest absolute Gasteiger partial charge is 0.312 e. The molecule has 1 atom stereocenters. The molecular weight excluding hydrogens is 282 g/mol. The molecule has 0 bridgehead atoms. The van der Waals surface area contributed by atoms with Crippen LogP contribution in [0.25, 0.3) is 0 Å². The number of hydrogen-bond acceptors (Lipinski definition) is 3. The molecule has 1 N–H and O–H groups in total. The van der Waals surface area contributed by atoms with Crippen molar-refractivity contribution in [3.63, 3.8) is 0 Å². The van der Waals surface area contributed by atoms with Crippen molar-refractivity contribution in [2.45, 2.75) is 17.9 Å². The van der Waals surface area contributed by atoms with Crippen molar-refractivity contribution in [2.75, 3.05) is 12.8 Å². The van der Waals surface area contributed by atoms with Gasteiger partial charge in [-0.1, -0.05) is 17.7 Å². The average Bonchev–Trinajstić information content (AvgIpc) is 2.77. The number of rotatable bonds is 5. The van der Waals surface area contributed by atoms with E-state index < -0.39 is 0 Å². The van der Waals surface area contributed by atoms with Crippen molar-refractivity contribution < 1.29 is 0 Å². The Morgan fingerprint density at radius 2 is 2.22 bits per heavy atom. The molecule has 0 aliphatic heterocycles. The van der Waals surface area contributed by atoms with Crippen molar-refractivity contribution >= 4 is 34.7 Å². The van der Waals surface area contributed by atoms with Gasteiger partial charge in [0.25, 0.3) is 0 Å². The van der Waals surface area contributed by atoms with Crippen LogP contribution in [0.4, 0.5) is 0 Å². The maximum Gasteiger partial charge on any atom is 0.0510 e. The van der Waals surface area contributed by atoms with Crippen LogP contribution in [0.3, 0.4) is 0 Å². The third kappa shape index (κ3) is 3.51. The zero-order valence-corrected chi connectivity index (χ0v) is 12.8. The fourth-order valence-electron chi connectivity index (χ4n) is 1.77. The molecular formula is C14H16ClNS2. The van der Waals surface area contributed by atoms with Gasteiger partial charge in [0.05, 0.1) is 6.04 Å². The van der Waals surface area contributed by atoms with Crippen LogP contribution in [0, 0.1) is 6.92 Å². The van der Waals surface area contributed by atoms with Gasteiger partial charge in [0.2, 0.25) is 0 Å². The van der Waals surface area contributed by atoms with E-state index >= 15 is 0 Å². The molecule has 2 rings (SSSR count). The number of thiophene rings is 1. The number of thioether (sulfide) groups is 1. The number of nitrogens with one attached hydrogen (secondary N) is 1. The maximum absolute atomic E-state index is 5.99. The Hall–Kier alpha value is -0.480. The van der Waals surface area contributed by atoms with Gasteiger partial charge in [0.1, 0.15) is 0 Å². The second-order valence-electron chi connectivity index (χ2n) is 4.08. The molecule has 1 unspecified atom stereocenters. The van der Waals surface area contributed by atoms with Crippen molar-refractivity contribution in [1.82, 2.24) is 5.32 Å². The third-order valence-corrected chi connectivity index (χ3v) is 5.23. The summed E-state index contributed by atoms with van der Waals surface area (Å²) in [6.07, 6.45) is 0. The van der Waals surface area contributed by atoms with Gasteiger partial charge in [-0.25, -0.2) is 0 Å². The summed E-state index contributed by atoms with van der Waals surface area (Å²) in [6, 6.07) is 10.6. The Bertz CT molecular complexity index is 510. The molecule has 1 heterocycles. The van der Waals surface area contributed by atoms with E-state index in [0.717, 1.165) is 10.8 Å². The Labute approximate surface area is 122 Å². The third-order valence-electron chi connectivity index (χ3n) is 2.78. The van der Waals surface area contributed by atoms with Crippen molar-refractivity contribution in [3.05, 3.63) is 51.2 Å². The van der Waals surface area contributed by atoms with Crippen molar-refractivity contribution in [1.29, 1.82) is 0 Å². The van der Waals surface area contributed by atoms with E-state index in [1.54, 1.807) is 0 Å². The lowest BCUT2D eigenvalue weighted by atomic mass is 10.2. The SMILES string of the molecule is CNC(CSc1cccc(Cl)c1)c1sccc1C. The summed E-state index contributed by atoms with van der Waals surface area (Å²) in [7, 11) is 2.02. The molecule has 4 heteroatoms. The highest BCUT2D eigenvalue weighted by atomic mass is 35.5. The first-order chi connectivity index (χ1) is 8.70. The highest BCUT2D eigenvalue weighted by Gasteiger charge is 2.13. The summed E-state index contributed by atoms with van der Waals surface area (Å²) in [5.74, 6) is 1.01. The van der Waals surface area contributed by atoms with Crippen LogP contribution in [0.5, 0.6) is 0 Å². The number of aryl methyl sites for hydroxylation is 1. The molecule has 1 aromatic heterocycles. The van der Waals surface area contributed by atoms with E-state index in [-0.39, 0.29) is 0 Å². The minimum absolute atomic E-state index is 0.397. The van der Waals surface area contributed by atoms with Crippen LogP contribution in [-0.2, 0) is 0 Å². The van der Waals surface area contributed by atoms with Crippen LogP contribution in [0.15, 0.2) is 40.6 Å². The monoisotopic (exact) mass is 297 g/mol. The minimum Gasteiger partial charge on any atom is -0.312 e. The number of hydrogen-bond donors (Lipinski definition) is 1. The molecule has 0 aliphatic carbocycles. The normalized spacial score (nSPS) is 12.6. The van der Waals surface area contributed by atoms with Gasteiger partial charge in [-0.2, -0.15) is 0 Å². The summed E-state index contributed by atoms with van der Waals surface area (Å²) in [6.45, 7) is 2.17. The molecule has 1 nitrogen and oxygen atoms in total. The molecule has 0 radical (unpaired) electrons. The molecule has 18 heavy (non-hydrogen) atoms. The molecule has 0 saturated carbocycles. The minimum atomic E-state index is 0.397. The fraction of sp³-hybridized carbons (Fsp3) is 0.286. The molecule has 2 aromatic rings. The van der Waals surface area contributed by atoms with E-state index in [1.807, 2.05) is 48.3 Å². The Balaban J connectivity index is 2.02. The van der Waals surface area contributed by atoms with Gasteiger partial charge in [-0.15, -0.1) is 23.1 Å². The molecule has 0 spiro atoms. The molecule has 0 amide bonds. The lowest BCUT2D eigenvalue weighted by molar-refractivity contribution is 0.670. The highest BCUT2D eigenvalue weighted by Crippen LogP contribution is 2.30. The lowest BCUT2D eigenvalue weighted by Crippen LogP contribution is -2.18. The van der Waals surface area contributed by atoms with Crippen LogP contribution in [0.1, 0.15) is 16.5 Å². The molecule has 1 aromatic carbocycles.